The molecule has 0 bridgehead atoms. The normalized spacial score (nSPS) is 11.5. The van der Waals surface area contributed by atoms with Gasteiger partial charge >= 0.3 is 5.97 Å². The van der Waals surface area contributed by atoms with Gasteiger partial charge in [-0.05, 0) is 32.6 Å². The Hall–Kier alpha value is -0.653. The monoisotopic (exact) mass is 288 g/mol. The summed E-state index contributed by atoms with van der Waals surface area (Å²) in [6.07, 6.45) is 3.47. The minimum atomic E-state index is -0.443. The summed E-state index contributed by atoms with van der Waals surface area (Å²) in [4.78, 5) is 11.2. The maximum Gasteiger partial charge on any atom is 0.333 e. The van der Waals surface area contributed by atoms with Crippen molar-refractivity contribution in [3.05, 3.63) is 12.2 Å². The highest BCUT2D eigenvalue weighted by atomic mass is 28.1. The van der Waals surface area contributed by atoms with Crippen molar-refractivity contribution < 1.29 is 19.0 Å². The second-order valence-corrected chi connectivity index (χ2v) is 6.37. The third-order valence-electron chi connectivity index (χ3n) is 2.58. The molecule has 0 saturated heterocycles. The van der Waals surface area contributed by atoms with E-state index in [-0.39, 0.29) is 5.97 Å². The first kappa shape index (κ1) is 18.3. The molecule has 0 atom stereocenters. The molecule has 0 heterocycles. The van der Waals surface area contributed by atoms with E-state index >= 15 is 0 Å². The molecular formula is C14H28O4Si. The minimum Gasteiger partial charge on any atom is -0.462 e. The second-order valence-electron chi connectivity index (χ2n) is 4.85. The van der Waals surface area contributed by atoms with Crippen molar-refractivity contribution in [1.29, 1.82) is 0 Å². The van der Waals surface area contributed by atoms with E-state index in [0.717, 1.165) is 35.9 Å². The number of carbonyl (C=O) groups is 1. The zero-order valence-electron chi connectivity index (χ0n) is 12.8. The largest absolute Gasteiger partial charge is 0.462 e. The van der Waals surface area contributed by atoms with Gasteiger partial charge in [-0.1, -0.05) is 20.4 Å². The van der Waals surface area contributed by atoms with Crippen LogP contribution in [0.2, 0.25) is 0 Å². The molecule has 5 heteroatoms. The summed E-state index contributed by atoms with van der Waals surface area (Å²) in [7, 11) is 0.804. The number of hydrogen-bond donors (Lipinski definition) is 0. The fraction of sp³-hybridized carbons (Fsp3) is 0.786. The van der Waals surface area contributed by atoms with E-state index < -0.39 is 5.41 Å². The summed E-state index contributed by atoms with van der Waals surface area (Å²) < 4.78 is 16.7. The van der Waals surface area contributed by atoms with Crippen LogP contribution in [0.15, 0.2) is 12.2 Å². The minimum absolute atomic E-state index is 0.331. The van der Waals surface area contributed by atoms with Gasteiger partial charge in [-0.3, -0.25) is 0 Å². The molecule has 0 aromatic carbocycles. The lowest BCUT2D eigenvalue weighted by molar-refractivity contribution is -0.184. The van der Waals surface area contributed by atoms with Crippen LogP contribution in [0.3, 0.4) is 0 Å². The first-order chi connectivity index (χ1) is 8.95. The van der Waals surface area contributed by atoms with Crippen molar-refractivity contribution in [1.82, 2.24) is 0 Å². The molecular weight excluding hydrogens is 260 g/mol. The van der Waals surface area contributed by atoms with Gasteiger partial charge in [0, 0.05) is 18.8 Å². The van der Waals surface area contributed by atoms with Crippen LogP contribution < -0.4 is 0 Å². The first-order valence-corrected chi connectivity index (χ1v) is 8.05. The zero-order chi connectivity index (χ0) is 14.7. The van der Waals surface area contributed by atoms with E-state index in [1.54, 1.807) is 6.92 Å². The van der Waals surface area contributed by atoms with Gasteiger partial charge in [0.2, 0.25) is 0 Å². The van der Waals surface area contributed by atoms with Gasteiger partial charge in [0.15, 0.2) is 0 Å². The molecule has 0 spiro atoms. The van der Waals surface area contributed by atoms with E-state index in [1.807, 2.05) is 0 Å². The number of hydrogen-bond acceptors (Lipinski definition) is 4. The molecule has 19 heavy (non-hydrogen) atoms. The number of carbonyl (C=O) groups excluding carboxylic acids is 1. The Morgan fingerprint density at radius 2 is 1.68 bits per heavy atom. The number of rotatable bonds is 11. The summed E-state index contributed by atoms with van der Waals surface area (Å²) in [5.41, 5.74) is -0.0108. The van der Waals surface area contributed by atoms with Gasteiger partial charge < -0.3 is 14.2 Å². The predicted molar refractivity (Wildman–Crippen MR) is 80.2 cm³/mol. The summed E-state index contributed by atoms with van der Waals surface area (Å²) in [6, 6.07) is 0. The quantitative estimate of drug-likeness (QED) is 0.191. The fourth-order valence-electron chi connectivity index (χ4n) is 1.50. The summed E-state index contributed by atoms with van der Waals surface area (Å²) >= 11 is 0. The molecule has 112 valence electrons. The fourth-order valence-corrected chi connectivity index (χ4v) is 2.27. The van der Waals surface area contributed by atoms with Gasteiger partial charge in [0.1, 0.15) is 5.41 Å². The van der Waals surface area contributed by atoms with Crippen molar-refractivity contribution in [3.8, 4) is 0 Å². The predicted octanol–water partition coefficient (Wildman–Crippen LogP) is 1.76. The molecule has 0 fully saturated rings. The molecule has 0 aliphatic heterocycles. The first-order valence-electron chi connectivity index (χ1n) is 7.05. The van der Waals surface area contributed by atoms with Crippen LogP contribution in [-0.4, -0.2) is 41.4 Å². The van der Waals surface area contributed by atoms with E-state index in [9.17, 15) is 4.79 Å². The Morgan fingerprint density at radius 1 is 1.16 bits per heavy atom. The van der Waals surface area contributed by atoms with Crippen LogP contribution in [0.5, 0.6) is 0 Å². The highest BCUT2D eigenvalue weighted by Crippen LogP contribution is 2.17. The van der Waals surface area contributed by atoms with Crippen LogP contribution in [-0.2, 0) is 19.0 Å². The van der Waals surface area contributed by atoms with Gasteiger partial charge in [-0.2, -0.15) is 0 Å². The van der Waals surface area contributed by atoms with Crippen LogP contribution in [0.4, 0.5) is 0 Å². The molecule has 0 aliphatic rings. The summed E-state index contributed by atoms with van der Waals surface area (Å²) in [5, 5.41) is 0. The topological polar surface area (TPSA) is 44.8 Å². The Morgan fingerprint density at radius 3 is 2.11 bits per heavy atom. The van der Waals surface area contributed by atoms with E-state index in [2.05, 4.69) is 20.4 Å². The maximum atomic E-state index is 11.2. The smallest absolute Gasteiger partial charge is 0.333 e. The van der Waals surface area contributed by atoms with Crippen LogP contribution in [0.1, 0.15) is 46.5 Å². The average molecular weight is 288 g/mol. The van der Waals surface area contributed by atoms with E-state index in [4.69, 9.17) is 14.2 Å². The Kier molecular flexibility index (Phi) is 9.82. The Bertz CT molecular complexity index is 271. The summed E-state index contributed by atoms with van der Waals surface area (Å²) in [6.45, 7) is 11.2. The van der Waals surface area contributed by atoms with Gasteiger partial charge in [0.25, 0.3) is 0 Å². The molecule has 0 aromatic heterocycles. The van der Waals surface area contributed by atoms with Crippen LogP contribution >= 0.6 is 0 Å². The van der Waals surface area contributed by atoms with Crippen molar-refractivity contribution in [2.45, 2.75) is 51.9 Å². The van der Waals surface area contributed by atoms with Crippen molar-refractivity contribution in [3.63, 3.8) is 0 Å². The number of esters is 1. The van der Waals surface area contributed by atoms with Gasteiger partial charge in [0.05, 0.1) is 16.8 Å². The second kappa shape index (κ2) is 10.2. The van der Waals surface area contributed by atoms with Crippen molar-refractivity contribution in [2.75, 3.05) is 19.8 Å². The lowest BCUT2D eigenvalue weighted by atomic mass is 10.3. The van der Waals surface area contributed by atoms with Crippen molar-refractivity contribution in [2.24, 2.45) is 0 Å². The van der Waals surface area contributed by atoms with Gasteiger partial charge in [-0.25, -0.2) is 4.79 Å². The molecule has 0 aliphatic carbocycles. The number of ether oxygens (including phenoxy) is 3. The third kappa shape index (κ3) is 8.97. The molecule has 0 saturated carbocycles. The average Bonchev–Trinajstić information content (AvgIpc) is 2.39. The molecule has 4 nitrogen and oxygen atoms in total. The summed E-state index contributed by atoms with van der Waals surface area (Å²) in [5.74, 6) is -0.331. The maximum absolute atomic E-state index is 11.2. The third-order valence-corrected chi connectivity index (χ3v) is 3.66. The highest BCUT2D eigenvalue weighted by Gasteiger charge is 2.24. The molecule has 0 amide bonds. The zero-order valence-corrected chi connectivity index (χ0v) is 14.8. The molecule has 0 rings (SSSR count). The van der Waals surface area contributed by atoms with Crippen LogP contribution in [0, 0.1) is 0 Å². The van der Waals surface area contributed by atoms with Crippen molar-refractivity contribution >= 4 is 16.2 Å². The molecule has 0 aromatic rings. The highest BCUT2D eigenvalue weighted by molar-refractivity contribution is 6.13. The Balaban J connectivity index is 4.03. The van der Waals surface area contributed by atoms with E-state index in [0.29, 0.717) is 25.4 Å². The Labute approximate surface area is 119 Å². The van der Waals surface area contributed by atoms with Gasteiger partial charge in [-0.15, -0.1) is 0 Å². The van der Waals surface area contributed by atoms with E-state index in [1.165, 1.54) is 0 Å². The SMILES string of the molecule is C=C(C)C(=O)OCCCC([SiH3])(OCCC)OCCC. The lowest BCUT2D eigenvalue weighted by Gasteiger charge is -2.30. The molecule has 0 radical (unpaired) electrons. The standard InChI is InChI=1S/C14H28O4Si/c1-5-9-17-14(19,18-10-6-2)8-7-11-16-13(15)12(3)4/h3,5-11H2,1-2,4,19H3. The molecule has 0 N–H and O–H groups in total. The molecule has 0 unspecified atom stereocenters. The lowest BCUT2D eigenvalue weighted by Crippen LogP contribution is -2.37. The van der Waals surface area contributed by atoms with Crippen LogP contribution in [0.25, 0.3) is 0 Å².